The van der Waals surface area contributed by atoms with E-state index in [2.05, 4.69) is 27.3 Å². The summed E-state index contributed by atoms with van der Waals surface area (Å²) in [5, 5.41) is 16.2. The maximum atomic E-state index is 13.7. The van der Waals surface area contributed by atoms with Crippen molar-refractivity contribution in [1.29, 1.82) is 0 Å². The zero-order chi connectivity index (χ0) is 34.3. The van der Waals surface area contributed by atoms with Gasteiger partial charge in [-0.2, -0.15) is 0 Å². The number of nitrogens with two attached hydrogens (primary N) is 1. The number of hydrogen-bond acceptors (Lipinski definition) is 6. The monoisotopic (exact) mass is 660 g/mol. The lowest BCUT2D eigenvalue weighted by molar-refractivity contribution is -0.134. The first-order chi connectivity index (χ1) is 23.7. The molecule has 0 unspecified atom stereocenters. The number of anilines is 2. The summed E-state index contributed by atoms with van der Waals surface area (Å²) in [5.41, 5.74) is 12.5. The van der Waals surface area contributed by atoms with E-state index in [-0.39, 0.29) is 28.9 Å². The number of phenols is 1. The Kier molecular flexibility index (Phi) is 10.3. The van der Waals surface area contributed by atoms with Gasteiger partial charge < -0.3 is 30.9 Å². The zero-order valence-electron chi connectivity index (χ0n) is 27.5. The minimum atomic E-state index is -0.693. The summed E-state index contributed by atoms with van der Waals surface area (Å²) in [5.74, 6) is 0.800. The topological polar surface area (TPSA) is 126 Å². The minimum absolute atomic E-state index is 0.0255. The molecule has 2 heterocycles. The van der Waals surface area contributed by atoms with Crippen LogP contribution in [0.3, 0.4) is 0 Å². The number of hydrogen-bond donors (Lipinski definition) is 4. The van der Waals surface area contributed by atoms with Crippen molar-refractivity contribution in [2.24, 2.45) is 5.73 Å². The molecule has 49 heavy (non-hydrogen) atoms. The molecule has 2 amide bonds. The van der Waals surface area contributed by atoms with Crippen molar-refractivity contribution in [3.63, 3.8) is 0 Å². The summed E-state index contributed by atoms with van der Waals surface area (Å²) in [7, 11) is 0. The number of phenolic OH excluding ortho intramolecular Hbond substituents is 1. The van der Waals surface area contributed by atoms with E-state index in [0.717, 1.165) is 53.3 Å². The Morgan fingerprint density at radius 2 is 1.63 bits per heavy atom. The molecule has 1 atom stereocenters. The van der Waals surface area contributed by atoms with E-state index < -0.39 is 6.04 Å². The number of para-hydroxylation sites is 1. The number of carbonyl (C=O) groups is 2. The highest BCUT2D eigenvalue weighted by Gasteiger charge is 2.29. The van der Waals surface area contributed by atoms with Gasteiger partial charge in [0.1, 0.15) is 28.9 Å². The highest BCUT2D eigenvalue weighted by atomic mass is 19.1. The molecule has 10 heteroatoms. The number of halogens is 1. The molecule has 0 fully saturated rings. The number of benzene rings is 4. The zero-order valence-corrected chi connectivity index (χ0v) is 27.5. The van der Waals surface area contributed by atoms with Crippen LogP contribution in [0, 0.1) is 12.7 Å². The van der Waals surface area contributed by atoms with Crippen molar-refractivity contribution in [2.45, 2.75) is 51.7 Å². The van der Waals surface area contributed by atoms with Gasteiger partial charge in [0.2, 0.25) is 5.91 Å². The molecule has 5 aromatic rings. The van der Waals surface area contributed by atoms with Gasteiger partial charge >= 0.3 is 0 Å². The van der Waals surface area contributed by atoms with Crippen molar-refractivity contribution < 1.29 is 19.1 Å². The molecule has 0 saturated carbocycles. The first kappa shape index (κ1) is 33.4. The molecule has 9 nitrogen and oxygen atoms in total. The number of imidazole rings is 1. The van der Waals surface area contributed by atoms with Crippen molar-refractivity contribution in [3.8, 4) is 17.0 Å². The molecule has 5 N–H and O–H groups in total. The molecule has 1 aliphatic heterocycles. The summed E-state index contributed by atoms with van der Waals surface area (Å²) in [6.07, 6.45) is 2.99. The lowest BCUT2D eigenvalue weighted by Gasteiger charge is -2.30. The summed E-state index contributed by atoms with van der Waals surface area (Å²) >= 11 is 0. The molecular weight excluding hydrogens is 619 g/mol. The predicted molar refractivity (Wildman–Crippen MR) is 189 cm³/mol. The predicted octanol–water partition coefficient (Wildman–Crippen LogP) is 6.11. The van der Waals surface area contributed by atoms with Gasteiger partial charge in [-0.15, -0.1) is 0 Å². The number of fused-ring (bicyclic) bond motifs is 1. The van der Waals surface area contributed by atoms with Crippen LogP contribution in [0.2, 0.25) is 0 Å². The molecule has 4 aromatic carbocycles. The SMILES string of the molecule is Cc1ccc(Nc2c(-c3ccc(F)cc3)nc3n2CCN(C(=O)[C@@H](N)Cc2ccc(CCCCNC(=O)c4ccccc4O)cc2)C3)cc1. The van der Waals surface area contributed by atoms with Gasteiger partial charge in [-0.3, -0.25) is 9.59 Å². The number of nitrogens with one attached hydrogen (secondary N) is 2. The van der Waals surface area contributed by atoms with Crippen LogP contribution in [0.15, 0.2) is 97.1 Å². The maximum absolute atomic E-state index is 13.7. The lowest BCUT2D eigenvalue weighted by Crippen LogP contribution is -2.47. The van der Waals surface area contributed by atoms with E-state index in [1.807, 2.05) is 43.3 Å². The fourth-order valence-electron chi connectivity index (χ4n) is 6.06. The Morgan fingerprint density at radius 1 is 0.918 bits per heavy atom. The van der Waals surface area contributed by atoms with Gasteiger partial charge in [-0.1, -0.05) is 54.1 Å². The Hall–Kier alpha value is -5.48. The van der Waals surface area contributed by atoms with Crippen LogP contribution in [0.5, 0.6) is 5.75 Å². The van der Waals surface area contributed by atoms with Gasteiger partial charge in [0.05, 0.1) is 18.2 Å². The number of nitrogens with zero attached hydrogens (tertiary/aromatic N) is 3. The molecule has 0 aliphatic carbocycles. The smallest absolute Gasteiger partial charge is 0.255 e. The van der Waals surface area contributed by atoms with E-state index in [4.69, 9.17) is 10.7 Å². The number of aryl methyl sites for hydroxylation is 2. The lowest BCUT2D eigenvalue weighted by atomic mass is 10.0. The van der Waals surface area contributed by atoms with E-state index in [9.17, 15) is 19.1 Å². The Labute approximate surface area is 285 Å². The first-order valence-electron chi connectivity index (χ1n) is 16.6. The first-order valence-corrected chi connectivity index (χ1v) is 16.6. The van der Waals surface area contributed by atoms with E-state index in [1.54, 1.807) is 35.2 Å². The van der Waals surface area contributed by atoms with Crippen molar-refractivity contribution in [2.75, 3.05) is 18.4 Å². The molecular formula is C39H41FN6O3. The summed E-state index contributed by atoms with van der Waals surface area (Å²) in [6.45, 7) is 3.92. The van der Waals surface area contributed by atoms with Crippen LogP contribution in [-0.2, 0) is 30.7 Å². The van der Waals surface area contributed by atoms with Crippen molar-refractivity contribution in [3.05, 3.63) is 131 Å². The molecule has 1 aliphatic rings. The fraction of sp³-hybridized carbons (Fsp3) is 0.256. The van der Waals surface area contributed by atoms with Crippen LogP contribution in [0.1, 0.15) is 45.7 Å². The molecule has 1 aromatic heterocycles. The van der Waals surface area contributed by atoms with E-state index in [1.165, 1.54) is 23.8 Å². The second-order valence-corrected chi connectivity index (χ2v) is 12.5. The number of unbranched alkanes of at least 4 members (excludes halogenated alkanes) is 1. The quantitative estimate of drug-likeness (QED) is 0.120. The highest BCUT2D eigenvalue weighted by molar-refractivity contribution is 5.96. The number of amides is 2. The van der Waals surface area contributed by atoms with Crippen LogP contribution in [0.4, 0.5) is 15.9 Å². The molecule has 6 rings (SSSR count). The van der Waals surface area contributed by atoms with Crippen LogP contribution >= 0.6 is 0 Å². The van der Waals surface area contributed by atoms with Gasteiger partial charge in [0.15, 0.2) is 0 Å². The number of rotatable bonds is 12. The molecule has 0 spiro atoms. The van der Waals surface area contributed by atoms with Gasteiger partial charge in [-0.25, -0.2) is 9.37 Å². The van der Waals surface area contributed by atoms with Crippen molar-refractivity contribution >= 4 is 23.3 Å². The molecule has 0 radical (unpaired) electrons. The second-order valence-electron chi connectivity index (χ2n) is 12.5. The maximum Gasteiger partial charge on any atom is 0.255 e. The average Bonchev–Trinajstić information content (AvgIpc) is 3.47. The third kappa shape index (κ3) is 8.16. The highest BCUT2D eigenvalue weighted by Crippen LogP contribution is 2.33. The van der Waals surface area contributed by atoms with Crippen LogP contribution in [0.25, 0.3) is 11.3 Å². The largest absolute Gasteiger partial charge is 0.507 e. The number of carbonyl (C=O) groups excluding carboxylic acids is 2. The minimum Gasteiger partial charge on any atom is -0.507 e. The standard InChI is InChI=1S/C39H41FN6O3/c1-26-9-19-31(20-10-26)43-37-36(29-15-17-30(40)18-16-29)44-35-25-45(22-23-46(35)37)39(49)33(41)24-28-13-11-27(12-14-28)6-4-5-21-42-38(48)32-7-2-3-8-34(32)47/h2-3,7-20,33,43,47H,4-6,21-25,41H2,1H3,(H,42,48)/t33-/m0/s1. The summed E-state index contributed by atoms with van der Waals surface area (Å²) in [4.78, 5) is 32.5. The van der Waals surface area contributed by atoms with Gasteiger partial charge in [0, 0.05) is 30.9 Å². The third-order valence-corrected chi connectivity index (χ3v) is 8.84. The number of aromatic nitrogens is 2. The summed E-state index contributed by atoms with van der Waals surface area (Å²) < 4.78 is 15.8. The van der Waals surface area contributed by atoms with E-state index >= 15 is 0 Å². The Bertz CT molecular complexity index is 1910. The fourth-order valence-corrected chi connectivity index (χ4v) is 6.06. The van der Waals surface area contributed by atoms with Gasteiger partial charge in [-0.05, 0) is 92.3 Å². The Balaban J connectivity index is 1.03. The van der Waals surface area contributed by atoms with Crippen LogP contribution < -0.4 is 16.4 Å². The molecule has 0 bridgehead atoms. The molecule has 0 saturated heterocycles. The molecule has 252 valence electrons. The summed E-state index contributed by atoms with van der Waals surface area (Å²) in [6, 6.07) is 28.3. The van der Waals surface area contributed by atoms with Crippen LogP contribution in [-0.4, -0.2) is 50.5 Å². The normalized spacial score (nSPS) is 13.1. The average molecular weight is 661 g/mol. The van der Waals surface area contributed by atoms with E-state index in [0.29, 0.717) is 38.3 Å². The van der Waals surface area contributed by atoms with Crippen molar-refractivity contribution in [1.82, 2.24) is 19.8 Å². The number of aromatic hydroxyl groups is 1. The third-order valence-electron chi connectivity index (χ3n) is 8.84. The second kappa shape index (κ2) is 15.2. The van der Waals surface area contributed by atoms with Gasteiger partial charge in [0.25, 0.3) is 5.91 Å². The Morgan fingerprint density at radius 3 is 2.37 bits per heavy atom.